The molecule has 0 saturated carbocycles. The van der Waals surface area contributed by atoms with Gasteiger partial charge in [0.05, 0.1) is 6.04 Å². The summed E-state index contributed by atoms with van der Waals surface area (Å²) in [6.07, 6.45) is 5.71. The van der Waals surface area contributed by atoms with Gasteiger partial charge in [-0.3, -0.25) is 4.79 Å². The molecular weight excluding hydrogens is 352 g/mol. The molecule has 0 aromatic rings. The van der Waals surface area contributed by atoms with E-state index in [1.54, 1.807) is 8.61 Å². The summed E-state index contributed by atoms with van der Waals surface area (Å²) in [5, 5.41) is 6.19. The number of hydrogen-bond donors (Lipinski definition) is 2. The van der Waals surface area contributed by atoms with Gasteiger partial charge >= 0.3 is 0 Å². The Balaban J connectivity index is 0.00000208. The summed E-state index contributed by atoms with van der Waals surface area (Å²) >= 11 is 0. The van der Waals surface area contributed by atoms with Gasteiger partial charge in [0.15, 0.2) is 0 Å². The van der Waals surface area contributed by atoms with Gasteiger partial charge in [0.25, 0.3) is 10.2 Å². The molecule has 3 aliphatic heterocycles. The lowest BCUT2D eigenvalue weighted by molar-refractivity contribution is -0.123. The van der Waals surface area contributed by atoms with Gasteiger partial charge in [0.1, 0.15) is 0 Å². The average molecular weight is 381 g/mol. The summed E-state index contributed by atoms with van der Waals surface area (Å²) in [5.74, 6) is 0.272. The van der Waals surface area contributed by atoms with Gasteiger partial charge in [-0.1, -0.05) is 0 Å². The summed E-state index contributed by atoms with van der Waals surface area (Å²) in [7, 11) is -3.31. The SMILES string of the molecule is Cl.O=C(NCC1CCCN(S(=O)(=O)N2CCCC2)C1)C1CCCN1. The molecule has 24 heavy (non-hydrogen) atoms. The molecule has 0 aromatic carbocycles. The molecule has 2 unspecified atom stereocenters. The first-order valence-corrected chi connectivity index (χ1v) is 10.2. The number of carbonyl (C=O) groups is 1. The molecule has 0 aromatic heterocycles. The second kappa shape index (κ2) is 8.80. The number of nitrogens with zero attached hydrogens (tertiary/aromatic N) is 2. The highest BCUT2D eigenvalue weighted by Gasteiger charge is 2.35. The molecule has 1 amide bonds. The van der Waals surface area contributed by atoms with Gasteiger partial charge in [-0.15, -0.1) is 12.4 Å². The molecule has 3 aliphatic rings. The minimum Gasteiger partial charge on any atom is -0.354 e. The van der Waals surface area contributed by atoms with Crippen LogP contribution >= 0.6 is 12.4 Å². The number of hydrogen-bond acceptors (Lipinski definition) is 4. The van der Waals surface area contributed by atoms with E-state index in [0.29, 0.717) is 32.7 Å². The van der Waals surface area contributed by atoms with Crippen LogP contribution < -0.4 is 10.6 Å². The Hall–Kier alpha value is -0.410. The minimum absolute atomic E-state index is 0. The zero-order valence-corrected chi connectivity index (χ0v) is 15.7. The summed E-state index contributed by atoms with van der Waals surface area (Å²) in [6.45, 7) is 3.90. The van der Waals surface area contributed by atoms with Crippen LogP contribution in [0.2, 0.25) is 0 Å². The fourth-order valence-electron chi connectivity index (χ4n) is 3.76. The first-order valence-electron chi connectivity index (χ1n) is 8.83. The highest BCUT2D eigenvalue weighted by Crippen LogP contribution is 2.23. The molecule has 3 rings (SSSR count). The van der Waals surface area contributed by atoms with Crippen molar-refractivity contribution in [1.82, 2.24) is 19.2 Å². The van der Waals surface area contributed by atoms with E-state index in [1.807, 2.05) is 0 Å². The lowest BCUT2D eigenvalue weighted by atomic mass is 9.99. The van der Waals surface area contributed by atoms with Crippen LogP contribution in [0.3, 0.4) is 0 Å². The Morgan fingerprint density at radius 2 is 1.75 bits per heavy atom. The zero-order valence-electron chi connectivity index (χ0n) is 14.1. The third kappa shape index (κ3) is 4.60. The second-order valence-electron chi connectivity index (χ2n) is 6.87. The molecule has 0 radical (unpaired) electrons. The van der Waals surface area contributed by atoms with Crippen LogP contribution in [0, 0.1) is 5.92 Å². The van der Waals surface area contributed by atoms with Crippen molar-refractivity contribution < 1.29 is 13.2 Å². The molecule has 2 N–H and O–H groups in total. The van der Waals surface area contributed by atoms with Crippen molar-refractivity contribution in [2.75, 3.05) is 39.3 Å². The maximum Gasteiger partial charge on any atom is 0.281 e. The van der Waals surface area contributed by atoms with Crippen LogP contribution in [-0.2, 0) is 15.0 Å². The number of carbonyl (C=O) groups excluding carboxylic acids is 1. The highest BCUT2D eigenvalue weighted by molar-refractivity contribution is 7.86. The van der Waals surface area contributed by atoms with Crippen LogP contribution in [-0.4, -0.2) is 68.2 Å². The third-order valence-electron chi connectivity index (χ3n) is 5.14. The number of piperidine rings is 1. The summed E-state index contributed by atoms with van der Waals surface area (Å²) in [4.78, 5) is 12.1. The second-order valence-corrected chi connectivity index (χ2v) is 8.80. The lowest BCUT2D eigenvalue weighted by Crippen LogP contribution is -2.49. The van der Waals surface area contributed by atoms with Crippen molar-refractivity contribution in [2.24, 2.45) is 5.92 Å². The Kier molecular flexibility index (Phi) is 7.30. The van der Waals surface area contributed by atoms with Crippen molar-refractivity contribution in [3.63, 3.8) is 0 Å². The van der Waals surface area contributed by atoms with Gasteiger partial charge in [-0.25, -0.2) is 0 Å². The lowest BCUT2D eigenvalue weighted by Gasteiger charge is -2.34. The number of halogens is 1. The fourth-order valence-corrected chi connectivity index (χ4v) is 5.57. The average Bonchev–Trinajstić information content (AvgIpc) is 3.25. The number of nitrogens with one attached hydrogen (secondary N) is 2. The summed E-state index contributed by atoms with van der Waals surface area (Å²) in [6, 6.07) is -0.0666. The van der Waals surface area contributed by atoms with Crippen molar-refractivity contribution >= 4 is 28.5 Å². The van der Waals surface area contributed by atoms with Crippen molar-refractivity contribution in [3.8, 4) is 0 Å². The standard InChI is InChI=1S/C15H28N4O3S.ClH/c20-15(14-6-3-7-16-14)17-11-13-5-4-10-19(12-13)23(21,22)18-8-1-2-9-18;/h13-14,16H,1-12H2,(H,17,20);1H. The molecule has 7 nitrogen and oxygen atoms in total. The number of rotatable bonds is 5. The molecule has 3 heterocycles. The molecule has 0 aliphatic carbocycles. The molecule has 2 atom stereocenters. The van der Waals surface area contributed by atoms with Gasteiger partial charge in [-0.2, -0.15) is 17.0 Å². The van der Waals surface area contributed by atoms with Gasteiger partial charge in [0, 0.05) is 32.7 Å². The van der Waals surface area contributed by atoms with E-state index in [9.17, 15) is 13.2 Å². The van der Waals surface area contributed by atoms with Crippen LogP contribution in [0.4, 0.5) is 0 Å². The Bertz CT molecular complexity index is 519. The maximum atomic E-state index is 12.6. The van der Waals surface area contributed by atoms with E-state index in [-0.39, 0.29) is 30.3 Å². The smallest absolute Gasteiger partial charge is 0.281 e. The van der Waals surface area contributed by atoms with Crippen molar-refractivity contribution in [3.05, 3.63) is 0 Å². The zero-order chi connectivity index (χ0) is 16.3. The third-order valence-corrected chi connectivity index (χ3v) is 7.14. The number of amides is 1. The van der Waals surface area contributed by atoms with E-state index in [1.165, 1.54) is 0 Å². The van der Waals surface area contributed by atoms with Crippen LogP contribution in [0.25, 0.3) is 0 Å². The Morgan fingerprint density at radius 3 is 2.42 bits per heavy atom. The molecule has 3 saturated heterocycles. The minimum atomic E-state index is -3.31. The van der Waals surface area contributed by atoms with Crippen LogP contribution in [0.5, 0.6) is 0 Å². The molecule has 140 valence electrons. The van der Waals surface area contributed by atoms with Gasteiger partial charge in [0.2, 0.25) is 5.91 Å². The monoisotopic (exact) mass is 380 g/mol. The van der Waals surface area contributed by atoms with Gasteiger partial charge < -0.3 is 10.6 Å². The van der Waals surface area contributed by atoms with Crippen molar-refractivity contribution in [2.45, 2.75) is 44.6 Å². The normalized spacial score (nSPS) is 29.3. The fraction of sp³-hybridized carbons (Fsp3) is 0.933. The van der Waals surface area contributed by atoms with E-state index >= 15 is 0 Å². The largest absolute Gasteiger partial charge is 0.354 e. The topological polar surface area (TPSA) is 81.8 Å². The summed E-state index contributed by atoms with van der Waals surface area (Å²) < 4.78 is 28.5. The predicted molar refractivity (Wildman–Crippen MR) is 95.3 cm³/mol. The first kappa shape index (κ1) is 19.9. The molecular formula is C15H29ClN4O3S. The molecule has 3 fully saturated rings. The van der Waals surface area contributed by atoms with E-state index in [0.717, 1.165) is 45.1 Å². The van der Waals surface area contributed by atoms with Gasteiger partial charge in [-0.05, 0) is 51.0 Å². The van der Waals surface area contributed by atoms with E-state index in [2.05, 4.69) is 10.6 Å². The summed E-state index contributed by atoms with van der Waals surface area (Å²) in [5.41, 5.74) is 0. The van der Waals surface area contributed by atoms with Crippen LogP contribution in [0.1, 0.15) is 38.5 Å². The van der Waals surface area contributed by atoms with E-state index in [4.69, 9.17) is 0 Å². The quantitative estimate of drug-likeness (QED) is 0.720. The van der Waals surface area contributed by atoms with Crippen LogP contribution in [0.15, 0.2) is 0 Å². The van der Waals surface area contributed by atoms with E-state index < -0.39 is 10.2 Å². The molecule has 9 heteroatoms. The Labute approximate surface area is 151 Å². The first-order chi connectivity index (χ1) is 11.1. The van der Waals surface area contributed by atoms with Crippen molar-refractivity contribution in [1.29, 1.82) is 0 Å². The predicted octanol–water partition coefficient (Wildman–Crippen LogP) is 0.329. The molecule has 0 spiro atoms. The maximum absolute atomic E-state index is 12.6. The molecule has 0 bridgehead atoms. The Morgan fingerprint density at radius 1 is 1.04 bits per heavy atom. The highest BCUT2D eigenvalue weighted by atomic mass is 35.5.